The molecule has 0 amide bonds. The largest absolute Gasteiger partial charge is 0.356 e. The highest BCUT2D eigenvalue weighted by atomic mass is 127. The fraction of sp³-hybridized carbons (Fsp3) is 0.600. The van der Waals surface area contributed by atoms with Crippen LogP contribution in [0.5, 0.6) is 0 Å². The summed E-state index contributed by atoms with van der Waals surface area (Å²) in [6.45, 7) is 11.0. The summed E-state index contributed by atoms with van der Waals surface area (Å²) in [5, 5.41) is 3.69. The van der Waals surface area contributed by atoms with Gasteiger partial charge < -0.3 is 14.8 Å². The van der Waals surface area contributed by atoms with Crippen LogP contribution >= 0.6 is 24.0 Å². The Hall–Kier alpha value is -1.61. The molecule has 0 spiro atoms. The molecule has 1 N–H and O–H groups in total. The molecule has 3 heterocycles. The first-order chi connectivity index (χ1) is 15.1. The molecule has 0 radical (unpaired) electrons. The van der Waals surface area contributed by atoms with Gasteiger partial charge in [0.2, 0.25) is 0 Å². The van der Waals surface area contributed by atoms with Gasteiger partial charge in [0.05, 0.1) is 12.4 Å². The van der Waals surface area contributed by atoms with Crippen molar-refractivity contribution in [2.45, 2.75) is 45.7 Å². The zero-order valence-electron chi connectivity index (χ0n) is 19.8. The fourth-order valence-electron chi connectivity index (χ4n) is 4.96. The summed E-state index contributed by atoms with van der Waals surface area (Å²) in [7, 11) is 1.91. The molecule has 2 aliphatic heterocycles. The first kappa shape index (κ1) is 25.0. The van der Waals surface area contributed by atoms with E-state index in [0.717, 1.165) is 38.1 Å². The number of aryl methyl sites for hydroxylation is 1. The van der Waals surface area contributed by atoms with Gasteiger partial charge in [-0.3, -0.25) is 9.89 Å². The molecule has 2 fully saturated rings. The molecule has 2 unspecified atom stereocenters. The van der Waals surface area contributed by atoms with Crippen LogP contribution in [-0.4, -0.2) is 65.1 Å². The lowest BCUT2D eigenvalue weighted by atomic mass is 9.93. The van der Waals surface area contributed by atoms with Crippen LogP contribution < -0.4 is 5.32 Å². The van der Waals surface area contributed by atoms with E-state index in [2.05, 4.69) is 74.0 Å². The standard InChI is InChI=1S/C25H38N6.HI/c1-20-4-6-23(7-5-20)17-29-12-9-22(10-13-29)16-28-25(26-3)30-14-8-21(2)24(18-30)31-15-11-27-19-31;/h4-7,11,15,19,21-22,24H,8-10,12-14,16-18H2,1-3H3,(H,26,28);1H. The first-order valence-corrected chi connectivity index (χ1v) is 11.8. The molecule has 1 aromatic carbocycles. The number of nitrogens with one attached hydrogen (secondary N) is 1. The van der Waals surface area contributed by atoms with Crippen LogP contribution in [0.25, 0.3) is 0 Å². The quantitative estimate of drug-likeness (QED) is 0.345. The van der Waals surface area contributed by atoms with Crippen molar-refractivity contribution in [3.05, 3.63) is 54.1 Å². The van der Waals surface area contributed by atoms with E-state index in [4.69, 9.17) is 0 Å². The second-order valence-electron chi connectivity index (χ2n) is 9.42. The van der Waals surface area contributed by atoms with Gasteiger partial charge in [-0.2, -0.15) is 0 Å². The number of guanidine groups is 1. The number of nitrogens with zero attached hydrogens (tertiary/aromatic N) is 5. The van der Waals surface area contributed by atoms with E-state index in [-0.39, 0.29) is 24.0 Å². The van der Waals surface area contributed by atoms with Crippen molar-refractivity contribution in [3.63, 3.8) is 0 Å². The van der Waals surface area contributed by atoms with Gasteiger partial charge in [-0.25, -0.2) is 4.98 Å². The monoisotopic (exact) mass is 550 g/mol. The molecule has 2 atom stereocenters. The molecule has 4 rings (SSSR count). The number of halogens is 1. The summed E-state index contributed by atoms with van der Waals surface area (Å²) in [5.74, 6) is 2.43. The number of likely N-dealkylation sites (tertiary alicyclic amines) is 2. The van der Waals surface area contributed by atoms with E-state index in [0.29, 0.717) is 12.0 Å². The summed E-state index contributed by atoms with van der Waals surface area (Å²) in [6.07, 6.45) is 9.61. The molecule has 2 aromatic rings. The zero-order valence-corrected chi connectivity index (χ0v) is 22.1. The number of rotatable bonds is 5. The van der Waals surface area contributed by atoms with Crippen LogP contribution in [0, 0.1) is 18.8 Å². The average Bonchev–Trinajstić information content (AvgIpc) is 3.32. The molecule has 0 saturated carbocycles. The summed E-state index contributed by atoms with van der Waals surface area (Å²) < 4.78 is 2.26. The van der Waals surface area contributed by atoms with Crippen LogP contribution in [0.15, 0.2) is 48.0 Å². The number of piperidine rings is 2. The maximum atomic E-state index is 4.61. The van der Waals surface area contributed by atoms with Gasteiger partial charge in [-0.15, -0.1) is 24.0 Å². The Kier molecular flexibility index (Phi) is 9.40. The number of benzene rings is 1. The average molecular weight is 551 g/mol. The summed E-state index contributed by atoms with van der Waals surface area (Å²) >= 11 is 0. The van der Waals surface area contributed by atoms with Gasteiger partial charge in [-0.05, 0) is 56.7 Å². The Morgan fingerprint density at radius 1 is 1.12 bits per heavy atom. The van der Waals surface area contributed by atoms with Crippen molar-refractivity contribution >= 4 is 29.9 Å². The highest BCUT2D eigenvalue weighted by Crippen LogP contribution is 2.27. The fourth-order valence-corrected chi connectivity index (χ4v) is 4.96. The molecule has 2 saturated heterocycles. The Labute approximate surface area is 210 Å². The minimum atomic E-state index is 0. The SMILES string of the molecule is CN=C(NCC1CCN(Cc2ccc(C)cc2)CC1)N1CCC(C)C(n2ccnc2)C1.I. The second-order valence-corrected chi connectivity index (χ2v) is 9.42. The van der Waals surface area contributed by atoms with E-state index in [1.165, 1.54) is 43.5 Å². The third-order valence-electron chi connectivity index (χ3n) is 7.12. The zero-order chi connectivity index (χ0) is 21.6. The van der Waals surface area contributed by atoms with Crippen molar-refractivity contribution in [2.24, 2.45) is 16.8 Å². The van der Waals surface area contributed by atoms with Crippen molar-refractivity contribution in [2.75, 3.05) is 39.8 Å². The minimum absolute atomic E-state index is 0. The summed E-state index contributed by atoms with van der Waals surface area (Å²) in [4.78, 5) is 13.9. The van der Waals surface area contributed by atoms with Gasteiger partial charge in [0.15, 0.2) is 5.96 Å². The lowest BCUT2D eigenvalue weighted by molar-refractivity contribution is 0.173. The van der Waals surface area contributed by atoms with Crippen LogP contribution in [0.2, 0.25) is 0 Å². The van der Waals surface area contributed by atoms with Gasteiger partial charge >= 0.3 is 0 Å². The van der Waals surface area contributed by atoms with E-state index >= 15 is 0 Å². The number of hydrogen-bond donors (Lipinski definition) is 1. The Bertz CT molecular complexity index is 827. The van der Waals surface area contributed by atoms with E-state index in [1.807, 2.05) is 19.6 Å². The number of imidazole rings is 1. The molecule has 2 aliphatic rings. The lowest BCUT2D eigenvalue weighted by Gasteiger charge is -2.40. The maximum Gasteiger partial charge on any atom is 0.193 e. The van der Waals surface area contributed by atoms with Crippen LogP contribution in [0.4, 0.5) is 0 Å². The lowest BCUT2D eigenvalue weighted by Crippen LogP contribution is -2.50. The van der Waals surface area contributed by atoms with Crippen molar-refractivity contribution in [1.29, 1.82) is 0 Å². The Morgan fingerprint density at radius 2 is 1.88 bits per heavy atom. The molecule has 0 aliphatic carbocycles. The summed E-state index contributed by atoms with van der Waals surface area (Å²) in [6, 6.07) is 9.43. The van der Waals surface area contributed by atoms with Gasteiger partial charge in [0.25, 0.3) is 0 Å². The summed E-state index contributed by atoms with van der Waals surface area (Å²) in [5.41, 5.74) is 2.76. The molecule has 7 heteroatoms. The van der Waals surface area contributed by atoms with Crippen molar-refractivity contribution < 1.29 is 0 Å². The number of aromatic nitrogens is 2. The topological polar surface area (TPSA) is 48.7 Å². The molecular weight excluding hydrogens is 511 g/mol. The van der Waals surface area contributed by atoms with Gasteiger partial charge in [-0.1, -0.05) is 36.8 Å². The van der Waals surface area contributed by atoms with Crippen LogP contribution in [0.3, 0.4) is 0 Å². The molecular formula is C25H39IN6. The maximum absolute atomic E-state index is 4.61. The highest BCUT2D eigenvalue weighted by Gasteiger charge is 2.29. The molecule has 1 aromatic heterocycles. The van der Waals surface area contributed by atoms with Crippen LogP contribution in [-0.2, 0) is 6.54 Å². The Balaban J connectivity index is 0.00000289. The van der Waals surface area contributed by atoms with E-state index in [9.17, 15) is 0 Å². The number of aliphatic imine (C=N–C) groups is 1. The van der Waals surface area contributed by atoms with Gasteiger partial charge in [0, 0.05) is 45.6 Å². The normalized spacial score (nSPS) is 23.1. The van der Waals surface area contributed by atoms with Crippen molar-refractivity contribution in [1.82, 2.24) is 24.7 Å². The first-order valence-electron chi connectivity index (χ1n) is 11.8. The smallest absolute Gasteiger partial charge is 0.193 e. The van der Waals surface area contributed by atoms with Crippen molar-refractivity contribution in [3.8, 4) is 0 Å². The van der Waals surface area contributed by atoms with Crippen LogP contribution in [0.1, 0.15) is 43.4 Å². The highest BCUT2D eigenvalue weighted by molar-refractivity contribution is 14.0. The third kappa shape index (κ3) is 6.47. The number of hydrogen-bond acceptors (Lipinski definition) is 3. The predicted molar refractivity (Wildman–Crippen MR) is 143 cm³/mol. The molecule has 0 bridgehead atoms. The molecule has 6 nitrogen and oxygen atoms in total. The predicted octanol–water partition coefficient (Wildman–Crippen LogP) is 4.18. The van der Waals surface area contributed by atoms with E-state index in [1.54, 1.807) is 0 Å². The Morgan fingerprint density at radius 3 is 2.53 bits per heavy atom. The van der Waals surface area contributed by atoms with E-state index < -0.39 is 0 Å². The minimum Gasteiger partial charge on any atom is -0.356 e. The van der Waals surface area contributed by atoms with Gasteiger partial charge in [0.1, 0.15) is 0 Å². The third-order valence-corrected chi connectivity index (χ3v) is 7.12. The second kappa shape index (κ2) is 12.0. The molecule has 32 heavy (non-hydrogen) atoms. The molecule has 176 valence electrons.